The molecule has 0 bridgehead atoms. The average molecular weight is 393 g/mol. The molecule has 0 aliphatic heterocycles. The van der Waals surface area contributed by atoms with Crippen LogP contribution >= 0.6 is 11.6 Å². The summed E-state index contributed by atoms with van der Waals surface area (Å²) in [6.07, 6.45) is 2.95. The van der Waals surface area contributed by atoms with Gasteiger partial charge in [-0.3, -0.25) is 19.1 Å². The van der Waals surface area contributed by atoms with Gasteiger partial charge in [-0.2, -0.15) is 0 Å². The average Bonchev–Trinajstić information content (AvgIpc) is 2.68. The van der Waals surface area contributed by atoms with E-state index in [0.717, 1.165) is 6.07 Å². The molecule has 0 radical (unpaired) electrons. The minimum Gasteiger partial charge on any atom is -0.508 e. The fourth-order valence-corrected chi connectivity index (χ4v) is 3.36. The van der Waals surface area contributed by atoms with Crippen molar-refractivity contribution in [3.05, 3.63) is 87.8 Å². The number of pyridine rings is 2. The first kappa shape index (κ1) is 17.8. The van der Waals surface area contributed by atoms with Crippen LogP contribution in [0.2, 0.25) is 5.02 Å². The molecule has 2 aromatic heterocycles. The largest absolute Gasteiger partial charge is 0.508 e. The van der Waals surface area contributed by atoms with Crippen LogP contribution in [-0.2, 0) is 0 Å². The molecule has 4 rings (SSSR count). The van der Waals surface area contributed by atoms with E-state index in [4.69, 9.17) is 11.6 Å². The van der Waals surface area contributed by atoms with E-state index in [2.05, 4.69) is 4.98 Å². The fourth-order valence-electron chi connectivity index (χ4n) is 3.13. The summed E-state index contributed by atoms with van der Waals surface area (Å²) in [5, 5.41) is 20.5. The summed E-state index contributed by atoms with van der Waals surface area (Å²) in [6, 6.07) is 13.4. The Bertz CT molecular complexity index is 1280. The number of carbonyl (C=O) groups is 1. The van der Waals surface area contributed by atoms with Crippen LogP contribution in [0.15, 0.2) is 71.8 Å². The summed E-state index contributed by atoms with van der Waals surface area (Å²) < 4.78 is 1.26. The third kappa shape index (κ3) is 2.90. The Kier molecular flexibility index (Phi) is 4.33. The molecule has 0 amide bonds. The molecule has 0 saturated heterocycles. The van der Waals surface area contributed by atoms with Crippen molar-refractivity contribution in [2.75, 3.05) is 0 Å². The molecule has 2 N–H and O–H groups in total. The molecule has 0 aliphatic rings. The van der Waals surface area contributed by atoms with Gasteiger partial charge in [0.15, 0.2) is 5.43 Å². The maximum atomic E-state index is 13.3. The molecule has 28 heavy (non-hydrogen) atoms. The lowest BCUT2D eigenvalue weighted by atomic mass is 10.1. The lowest BCUT2D eigenvalue weighted by Gasteiger charge is -2.17. The van der Waals surface area contributed by atoms with Crippen LogP contribution in [0.1, 0.15) is 10.4 Å². The van der Waals surface area contributed by atoms with Gasteiger partial charge in [0.05, 0.1) is 16.6 Å². The lowest BCUT2D eigenvalue weighted by Crippen LogP contribution is -2.19. The number of phenolic OH excluding ortho intramolecular Hbond substituents is 2. The van der Waals surface area contributed by atoms with Gasteiger partial charge in [0.2, 0.25) is 0 Å². The Hall–Kier alpha value is -3.64. The van der Waals surface area contributed by atoms with Gasteiger partial charge < -0.3 is 10.2 Å². The summed E-state index contributed by atoms with van der Waals surface area (Å²) in [5.41, 5.74) is 0.599. The predicted molar refractivity (Wildman–Crippen MR) is 106 cm³/mol. The van der Waals surface area contributed by atoms with E-state index in [0.29, 0.717) is 16.1 Å². The van der Waals surface area contributed by atoms with E-state index in [9.17, 15) is 19.8 Å². The van der Waals surface area contributed by atoms with Crippen LogP contribution in [-0.4, -0.2) is 25.7 Å². The van der Waals surface area contributed by atoms with Gasteiger partial charge in [0.1, 0.15) is 11.5 Å². The molecule has 7 heteroatoms. The first-order valence-corrected chi connectivity index (χ1v) is 8.66. The molecule has 2 heterocycles. The maximum absolute atomic E-state index is 13.3. The minimum atomic E-state index is -0.499. The number of hydrogen-bond acceptors (Lipinski definition) is 5. The van der Waals surface area contributed by atoms with Crippen LogP contribution in [0.3, 0.4) is 0 Å². The Morgan fingerprint density at radius 1 is 1.00 bits per heavy atom. The molecule has 0 unspecified atom stereocenters. The number of benzene rings is 2. The molecule has 2 aromatic carbocycles. The van der Waals surface area contributed by atoms with E-state index in [1.54, 1.807) is 24.3 Å². The predicted octanol–water partition coefficient (Wildman–Crippen LogP) is 3.82. The van der Waals surface area contributed by atoms with Gasteiger partial charge in [-0.25, -0.2) is 0 Å². The summed E-state index contributed by atoms with van der Waals surface area (Å²) >= 11 is 6.31. The number of nitrogens with zero attached hydrogens (tertiary/aromatic N) is 2. The smallest absolute Gasteiger partial charge is 0.262 e. The highest BCUT2D eigenvalue weighted by Crippen LogP contribution is 2.33. The Balaban J connectivity index is 2.17. The normalized spacial score (nSPS) is 10.9. The molecule has 0 saturated carbocycles. The SMILES string of the molecule is O=C(c1ccncc1)n1c(-c2ccccc2Cl)cc(=O)c2c(O)cc(O)cc21. The standard InChI is InChI=1S/C21H13ClN2O4/c22-15-4-2-1-3-14(15)16-11-19(27)20-17(9-13(25)10-18(20)26)24(16)21(28)12-5-7-23-8-6-12/h1-11,25-26H. The van der Waals surface area contributed by atoms with Crippen molar-refractivity contribution in [3.8, 4) is 22.8 Å². The molecule has 0 fully saturated rings. The number of hydrogen-bond donors (Lipinski definition) is 2. The van der Waals surface area contributed by atoms with Crippen molar-refractivity contribution >= 4 is 28.4 Å². The zero-order valence-corrected chi connectivity index (χ0v) is 15.1. The van der Waals surface area contributed by atoms with Crippen molar-refractivity contribution in [3.63, 3.8) is 0 Å². The van der Waals surface area contributed by atoms with E-state index < -0.39 is 17.1 Å². The molecule has 0 spiro atoms. The number of halogens is 1. The Morgan fingerprint density at radius 3 is 2.43 bits per heavy atom. The first-order chi connectivity index (χ1) is 13.5. The lowest BCUT2D eigenvalue weighted by molar-refractivity contribution is 0.0966. The highest BCUT2D eigenvalue weighted by molar-refractivity contribution is 6.33. The molecular formula is C21H13ClN2O4. The zero-order valence-electron chi connectivity index (χ0n) is 14.3. The number of carbonyl (C=O) groups excluding carboxylic acids is 1. The van der Waals surface area contributed by atoms with Gasteiger partial charge in [-0.15, -0.1) is 0 Å². The second-order valence-electron chi connectivity index (χ2n) is 6.11. The molecule has 4 aromatic rings. The second kappa shape index (κ2) is 6.83. The van der Waals surface area contributed by atoms with Gasteiger partial charge >= 0.3 is 0 Å². The summed E-state index contributed by atoms with van der Waals surface area (Å²) in [6.45, 7) is 0. The van der Waals surface area contributed by atoms with Gasteiger partial charge in [0, 0.05) is 46.7 Å². The van der Waals surface area contributed by atoms with Crippen molar-refractivity contribution in [1.29, 1.82) is 0 Å². The third-order valence-corrected chi connectivity index (χ3v) is 4.69. The first-order valence-electron chi connectivity index (χ1n) is 8.29. The Morgan fingerprint density at radius 2 is 1.71 bits per heavy atom. The summed E-state index contributed by atoms with van der Waals surface area (Å²) in [7, 11) is 0. The number of phenols is 2. The van der Waals surface area contributed by atoms with Crippen LogP contribution in [0.4, 0.5) is 0 Å². The van der Waals surface area contributed by atoms with Crippen LogP contribution in [0.25, 0.3) is 22.2 Å². The van der Waals surface area contributed by atoms with Crippen LogP contribution < -0.4 is 5.43 Å². The highest BCUT2D eigenvalue weighted by atomic mass is 35.5. The van der Waals surface area contributed by atoms with Crippen LogP contribution in [0.5, 0.6) is 11.5 Å². The maximum Gasteiger partial charge on any atom is 0.262 e. The topological polar surface area (TPSA) is 92.4 Å². The van der Waals surface area contributed by atoms with E-state index in [1.807, 2.05) is 0 Å². The van der Waals surface area contributed by atoms with Gasteiger partial charge in [0.25, 0.3) is 5.91 Å². The quantitative estimate of drug-likeness (QED) is 0.541. The number of rotatable bonds is 2. The minimum absolute atomic E-state index is 0.0710. The van der Waals surface area contributed by atoms with Crippen molar-refractivity contribution < 1.29 is 15.0 Å². The number of fused-ring (bicyclic) bond motifs is 1. The zero-order chi connectivity index (χ0) is 19.8. The van der Waals surface area contributed by atoms with E-state index >= 15 is 0 Å². The van der Waals surface area contributed by atoms with Gasteiger partial charge in [-0.05, 0) is 18.2 Å². The van der Waals surface area contributed by atoms with Crippen molar-refractivity contribution in [1.82, 2.24) is 9.55 Å². The summed E-state index contributed by atoms with van der Waals surface area (Å²) in [5.74, 6) is -1.16. The molecule has 0 aliphatic carbocycles. The fraction of sp³-hybridized carbons (Fsp3) is 0. The Labute approximate surface area is 163 Å². The molecule has 138 valence electrons. The monoisotopic (exact) mass is 392 g/mol. The number of aromatic nitrogens is 2. The van der Waals surface area contributed by atoms with E-state index in [-0.39, 0.29) is 22.3 Å². The highest BCUT2D eigenvalue weighted by Gasteiger charge is 2.21. The van der Waals surface area contributed by atoms with E-state index in [1.165, 1.54) is 41.2 Å². The molecule has 0 atom stereocenters. The van der Waals surface area contributed by atoms with Crippen molar-refractivity contribution in [2.24, 2.45) is 0 Å². The molecule has 6 nitrogen and oxygen atoms in total. The van der Waals surface area contributed by atoms with Gasteiger partial charge in [-0.1, -0.05) is 29.8 Å². The van der Waals surface area contributed by atoms with Crippen molar-refractivity contribution in [2.45, 2.75) is 0 Å². The second-order valence-corrected chi connectivity index (χ2v) is 6.52. The third-order valence-electron chi connectivity index (χ3n) is 4.36. The summed E-state index contributed by atoms with van der Waals surface area (Å²) in [4.78, 5) is 29.9. The number of aromatic hydroxyl groups is 2. The molecular weight excluding hydrogens is 380 g/mol. The van der Waals surface area contributed by atoms with Crippen LogP contribution in [0, 0.1) is 0 Å².